The minimum Gasteiger partial charge on any atom is -0.394 e. The van der Waals surface area contributed by atoms with Crippen LogP contribution in [0.25, 0.3) is 0 Å². The van der Waals surface area contributed by atoms with Crippen LogP contribution in [0, 0.1) is 0 Å². The highest BCUT2D eigenvalue weighted by molar-refractivity contribution is 5.24. The molecular weight excluding hydrogens is 238 g/mol. The number of aryl methyl sites for hydroxylation is 1. The summed E-state index contributed by atoms with van der Waals surface area (Å²) in [6.07, 6.45) is 5.67. The van der Waals surface area contributed by atoms with Crippen molar-refractivity contribution >= 4 is 0 Å². The molecule has 4 heteroatoms. The van der Waals surface area contributed by atoms with E-state index in [1.807, 2.05) is 41.1 Å². The van der Waals surface area contributed by atoms with Crippen molar-refractivity contribution in [1.29, 1.82) is 0 Å². The van der Waals surface area contributed by atoms with Crippen LogP contribution in [0.3, 0.4) is 0 Å². The highest BCUT2D eigenvalue weighted by atomic mass is 16.3. The lowest BCUT2D eigenvalue weighted by molar-refractivity contribution is 0.177. The monoisotopic (exact) mass is 259 g/mol. The Labute approximate surface area is 113 Å². The third-order valence-corrected chi connectivity index (χ3v) is 3.36. The molecule has 1 aromatic carbocycles. The predicted molar refractivity (Wildman–Crippen MR) is 75.6 cm³/mol. The molecule has 19 heavy (non-hydrogen) atoms. The average Bonchev–Trinajstić information content (AvgIpc) is 2.87. The molecule has 102 valence electrons. The highest BCUT2D eigenvalue weighted by Crippen LogP contribution is 2.20. The lowest BCUT2D eigenvalue weighted by Crippen LogP contribution is -2.44. The topological polar surface area (TPSA) is 64.1 Å². The molecule has 1 unspecified atom stereocenters. The van der Waals surface area contributed by atoms with E-state index < -0.39 is 5.54 Å². The number of aromatic nitrogens is 2. The number of aliphatic hydroxyl groups excluding tert-OH is 1. The van der Waals surface area contributed by atoms with Crippen LogP contribution < -0.4 is 5.73 Å². The van der Waals surface area contributed by atoms with Crippen molar-refractivity contribution < 1.29 is 5.11 Å². The zero-order valence-electron chi connectivity index (χ0n) is 11.3. The number of nitrogens with two attached hydrogens (primary N) is 1. The SMILES string of the molecule is CCCc1nccn1CC(N)(CO)c1ccccc1. The van der Waals surface area contributed by atoms with E-state index in [0.717, 1.165) is 24.2 Å². The summed E-state index contributed by atoms with van der Waals surface area (Å²) in [7, 11) is 0. The van der Waals surface area contributed by atoms with Crippen LogP contribution in [0.2, 0.25) is 0 Å². The summed E-state index contributed by atoms with van der Waals surface area (Å²) in [5, 5.41) is 9.70. The van der Waals surface area contributed by atoms with Gasteiger partial charge in [0.1, 0.15) is 5.82 Å². The molecule has 2 aromatic rings. The Morgan fingerprint density at radius 2 is 2.05 bits per heavy atom. The Morgan fingerprint density at radius 3 is 2.68 bits per heavy atom. The Morgan fingerprint density at radius 1 is 1.32 bits per heavy atom. The van der Waals surface area contributed by atoms with Gasteiger partial charge in [-0.3, -0.25) is 0 Å². The number of rotatable bonds is 6. The quantitative estimate of drug-likeness (QED) is 0.829. The Bertz CT molecular complexity index is 509. The second-order valence-corrected chi connectivity index (χ2v) is 4.90. The van der Waals surface area contributed by atoms with Gasteiger partial charge in [-0.2, -0.15) is 0 Å². The first-order chi connectivity index (χ1) is 9.19. The molecule has 0 aliphatic rings. The zero-order valence-corrected chi connectivity index (χ0v) is 11.3. The van der Waals surface area contributed by atoms with Crippen molar-refractivity contribution in [3.63, 3.8) is 0 Å². The fourth-order valence-corrected chi connectivity index (χ4v) is 2.24. The molecule has 2 rings (SSSR count). The van der Waals surface area contributed by atoms with E-state index in [1.54, 1.807) is 6.20 Å². The molecule has 1 aromatic heterocycles. The summed E-state index contributed by atoms with van der Waals surface area (Å²) in [6.45, 7) is 2.56. The minimum absolute atomic E-state index is 0.0965. The lowest BCUT2D eigenvalue weighted by atomic mass is 9.91. The van der Waals surface area contributed by atoms with E-state index >= 15 is 0 Å². The van der Waals surface area contributed by atoms with Gasteiger partial charge in [0.15, 0.2) is 0 Å². The maximum atomic E-state index is 9.70. The molecular formula is C15H21N3O. The van der Waals surface area contributed by atoms with Gasteiger partial charge in [0, 0.05) is 25.4 Å². The normalized spacial score (nSPS) is 14.3. The number of nitrogens with zero attached hydrogens (tertiary/aromatic N) is 2. The first kappa shape index (κ1) is 13.8. The Balaban J connectivity index is 2.25. The number of imidazole rings is 1. The molecule has 0 aliphatic heterocycles. The van der Waals surface area contributed by atoms with Crippen molar-refractivity contribution in [2.45, 2.75) is 31.8 Å². The number of hydrogen-bond acceptors (Lipinski definition) is 3. The second-order valence-electron chi connectivity index (χ2n) is 4.90. The van der Waals surface area contributed by atoms with E-state index in [9.17, 15) is 5.11 Å². The van der Waals surface area contributed by atoms with Crippen molar-refractivity contribution in [3.8, 4) is 0 Å². The van der Waals surface area contributed by atoms with Crippen LogP contribution in [0.5, 0.6) is 0 Å². The second kappa shape index (κ2) is 5.99. The molecule has 0 aliphatic carbocycles. The summed E-state index contributed by atoms with van der Waals surface area (Å²) < 4.78 is 2.03. The minimum atomic E-state index is -0.773. The van der Waals surface area contributed by atoms with Crippen LogP contribution in [-0.4, -0.2) is 21.3 Å². The summed E-state index contributed by atoms with van der Waals surface area (Å²) in [5.41, 5.74) is 6.54. The van der Waals surface area contributed by atoms with E-state index in [-0.39, 0.29) is 6.61 Å². The van der Waals surface area contributed by atoms with Crippen LogP contribution in [-0.2, 0) is 18.5 Å². The third kappa shape index (κ3) is 3.03. The van der Waals surface area contributed by atoms with Crippen molar-refractivity contribution in [2.75, 3.05) is 6.61 Å². The summed E-state index contributed by atoms with van der Waals surface area (Å²) in [4.78, 5) is 4.34. The predicted octanol–water partition coefficient (Wildman–Crippen LogP) is 1.68. The summed E-state index contributed by atoms with van der Waals surface area (Å²) in [6, 6.07) is 9.72. The fraction of sp³-hybridized carbons (Fsp3) is 0.400. The highest BCUT2D eigenvalue weighted by Gasteiger charge is 2.27. The summed E-state index contributed by atoms with van der Waals surface area (Å²) in [5.74, 6) is 1.02. The van der Waals surface area contributed by atoms with E-state index in [0.29, 0.717) is 6.54 Å². The van der Waals surface area contributed by atoms with Crippen LogP contribution in [0.15, 0.2) is 42.7 Å². The third-order valence-electron chi connectivity index (χ3n) is 3.36. The van der Waals surface area contributed by atoms with Gasteiger partial charge in [-0.05, 0) is 12.0 Å². The lowest BCUT2D eigenvalue weighted by Gasteiger charge is -2.29. The van der Waals surface area contributed by atoms with Gasteiger partial charge in [-0.15, -0.1) is 0 Å². The molecule has 0 bridgehead atoms. The zero-order chi connectivity index (χ0) is 13.7. The number of hydrogen-bond donors (Lipinski definition) is 2. The van der Waals surface area contributed by atoms with Crippen LogP contribution in [0.1, 0.15) is 24.7 Å². The smallest absolute Gasteiger partial charge is 0.108 e. The van der Waals surface area contributed by atoms with Gasteiger partial charge >= 0.3 is 0 Å². The van der Waals surface area contributed by atoms with Gasteiger partial charge in [-0.1, -0.05) is 37.3 Å². The fourth-order valence-electron chi connectivity index (χ4n) is 2.24. The molecule has 3 N–H and O–H groups in total. The van der Waals surface area contributed by atoms with Crippen molar-refractivity contribution in [1.82, 2.24) is 9.55 Å². The Kier molecular flexibility index (Phi) is 4.35. The number of aliphatic hydroxyl groups is 1. The number of benzene rings is 1. The van der Waals surface area contributed by atoms with Gasteiger partial charge in [0.05, 0.1) is 12.1 Å². The molecule has 0 amide bonds. The van der Waals surface area contributed by atoms with Gasteiger partial charge in [-0.25, -0.2) is 4.98 Å². The molecule has 1 atom stereocenters. The maximum Gasteiger partial charge on any atom is 0.108 e. The first-order valence-electron chi connectivity index (χ1n) is 6.65. The molecule has 1 heterocycles. The molecule has 0 radical (unpaired) electrons. The first-order valence-corrected chi connectivity index (χ1v) is 6.65. The van der Waals surface area contributed by atoms with Gasteiger partial charge < -0.3 is 15.4 Å². The van der Waals surface area contributed by atoms with Crippen molar-refractivity contribution in [3.05, 3.63) is 54.1 Å². The molecule has 0 saturated carbocycles. The molecule has 0 fully saturated rings. The molecule has 4 nitrogen and oxygen atoms in total. The average molecular weight is 259 g/mol. The summed E-state index contributed by atoms with van der Waals surface area (Å²) >= 11 is 0. The standard InChI is InChI=1S/C15H21N3O/c1-2-6-14-17-9-10-18(14)11-15(16,12-19)13-7-4-3-5-8-13/h3-5,7-10,19H,2,6,11-12,16H2,1H3. The van der Waals surface area contributed by atoms with Gasteiger partial charge in [0.25, 0.3) is 0 Å². The maximum absolute atomic E-state index is 9.70. The molecule has 0 spiro atoms. The molecule has 0 saturated heterocycles. The largest absolute Gasteiger partial charge is 0.394 e. The van der Waals surface area contributed by atoms with Crippen LogP contribution in [0.4, 0.5) is 0 Å². The van der Waals surface area contributed by atoms with Crippen LogP contribution >= 0.6 is 0 Å². The van der Waals surface area contributed by atoms with Gasteiger partial charge in [0.2, 0.25) is 0 Å². The Hall–Kier alpha value is -1.65. The van der Waals surface area contributed by atoms with E-state index in [2.05, 4.69) is 11.9 Å². The van der Waals surface area contributed by atoms with E-state index in [1.165, 1.54) is 0 Å². The van der Waals surface area contributed by atoms with E-state index in [4.69, 9.17) is 5.73 Å². The van der Waals surface area contributed by atoms with Crippen molar-refractivity contribution in [2.24, 2.45) is 5.73 Å².